The number of para-hydroxylation sites is 2. The van der Waals surface area contributed by atoms with Crippen molar-refractivity contribution in [3.63, 3.8) is 0 Å². The molecule has 1 unspecified atom stereocenters. The van der Waals surface area contributed by atoms with Crippen molar-refractivity contribution in [1.82, 2.24) is 0 Å². The number of hydrogen-bond acceptors (Lipinski definition) is 1. The molecule has 1 heteroatoms. The molecule has 0 fully saturated rings. The van der Waals surface area contributed by atoms with Crippen LogP contribution in [0.25, 0.3) is 16.8 Å². The molecule has 0 radical (unpaired) electrons. The van der Waals surface area contributed by atoms with Gasteiger partial charge >= 0.3 is 0 Å². The lowest BCUT2D eigenvalue weighted by Gasteiger charge is -2.20. The zero-order chi connectivity index (χ0) is 20.1. The zero-order valence-electron chi connectivity index (χ0n) is 17.1. The number of anilines is 2. The molecule has 0 saturated heterocycles. The molecule has 1 aliphatic rings. The standard InChI is InChI=1S/C15H14.C13H13N/c1-11-5-4-7-13-10-9-12-6-2-3-8-14(12)15(11)13;1-14(12-8-4-2-5-9-12)13-10-6-3-7-11-13/h2-4,6-11H,5H2,1H3;2-11H,1H3. The average Bonchev–Trinajstić information content (AvgIpc) is 2.80. The third kappa shape index (κ3) is 4.25. The third-order valence-electron chi connectivity index (χ3n) is 5.57. The van der Waals surface area contributed by atoms with Gasteiger partial charge in [-0.1, -0.05) is 91.9 Å². The summed E-state index contributed by atoms with van der Waals surface area (Å²) in [5.41, 5.74) is 5.33. The molecule has 4 aromatic carbocycles. The number of benzene rings is 4. The fourth-order valence-electron chi connectivity index (χ4n) is 3.98. The van der Waals surface area contributed by atoms with E-state index in [1.165, 1.54) is 39.7 Å². The van der Waals surface area contributed by atoms with Crippen LogP contribution in [-0.4, -0.2) is 7.05 Å². The second kappa shape index (κ2) is 8.79. The van der Waals surface area contributed by atoms with E-state index in [1.54, 1.807) is 0 Å². The normalized spacial score (nSPS) is 14.6. The van der Waals surface area contributed by atoms with Crippen LogP contribution >= 0.6 is 0 Å². The first-order valence-corrected chi connectivity index (χ1v) is 10.3. The van der Waals surface area contributed by atoms with Crippen LogP contribution in [0.1, 0.15) is 30.4 Å². The maximum absolute atomic E-state index is 2.31. The van der Waals surface area contributed by atoms with Crippen molar-refractivity contribution in [1.29, 1.82) is 0 Å². The van der Waals surface area contributed by atoms with Gasteiger partial charge in [0.15, 0.2) is 0 Å². The van der Waals surface area contributed by atoms with E-state index in [0.717, 1.165) is 0 Å². The van der Waals surface area contributed by atoms with E-state index >= 15 is 0 Å². The molecule has 0 N–H and O–H groups in total. The fraction of sp³-hybridized carbons (Fsp3) is 0.143. The second-order valence-corrected chi connectivity index (χ2v) is 7.56. The Morgan fingerprint density at radius 2 is 1.28 bits per heavy atom. The fourth-order valence-corrected chi connectivity index (χ4v) is 3.98. The van der Waals surface area contributed by atoms with Gasteiger partial charge in [-0.25, -0.2) is 0 Å². The van der Waals surface area contributed by atoms with E-state index in [2.05, 4.69) is 116 Å². The van der Waals surface area contributed by atoms with Gasteiger partial charge in [0, 0.05) is 18.4 Å². The van der Waals surface area contributed by atoms with Crippen molar-refractivity contribution >= 4 is 28.2 Å². The van der Waals surface area contributed by atoms with Gasteiger partial charge in [-0.3, -0.25) is 0 Å². The molecule has 4 aromatic rings. The highest BCUT2D eigenvalue weighted by Crippen LogP contribution is 2.35. The van der Waals surface area contributed by atoms with Crippen LogP contribution in [0.5, 0.6) is 0 Å². The summed E-state index contributed by atoms with van der Waals surface area (Å²) in [6.07, 6.45) is 5.70. The summed E-state index contributed by atoms with van der Waals surface area (Å²) in [5, 5.41) is 2.78. The molecular weight excluding hydrogens is 350 g/mol. The molecule has 0 spiro atoms. The van der Waals surface area contributed by atoms with Crippen molar-refractivity contribution in [3.8, 4) is 0 Å². The lowest BCUT2D eigenvalue weighted by molar-refractivity contribution is 0.779. The Labute approximate surface area is 173 Å². The highest BCUT2D eigenvalue weighted by atomic mass is 15.1. The lowest BCUT2D eigenvalue weighted by atomic mass is 9.85. The first-order valence-electron chi connectivity index (χ1n) is 10.3. The quantitative estimate of drug-likeness (QED) is 0.344. The van der Waals surface area contributed by atoms with Gasteiger partial charge in [0.1, 0.15) is 0 Å². The molecule has 1 atom stereocenters. The summed E-state index contributed by atoms with van der Waals surface area (Å²) in [6, 6.07) is 33.8. The van der Waals surface area contributed by atoms with Crippen LogP contribution in [-0.2, 0) is 0 Å². The van der Waals surface area contributed by atoms with Crippen LogP contribution in [0.3, 0.4) is 0 Å². The predicted octanol–water partition coefficient (Wildman–Crippen LogP) is 7.81. The molecule has 0 amide bonds. The van der Waals surface area contributed by atoms with Crippen molar-refractivity contribution in [3.05, 3.63) is 114 Å². The van der Waals surface area contributed by atoms with Crippen molar-refractivity contribution < 1.29 is 0 Å². The first kappa shape index (κ1) is 19.0. The van der Waals surface area contributed by atoms with Crippen LogP contribution in [0, 0.1) is 0 Å². The van der Waals surface area contributed by atoms with Gasteiger partial charge in [0.2, 0.25) is 0 Å². The molecule has 29 heavy (non-hydrogen) atoms. The highest BCUT2D eigenvalue weighted by molar-refractivity contribution is 5.89. The SMILES string of the molecule is CC1CC=Cc2ccc3ccccc3c21.CN(c1ccccc1)c1ccccc1. The molecule has 0 heterocycles. The van der Waals surface area contributed by atoms with E-state index < -0.39 is 0 Å². The molecule has 0 aliphatic heterocycles. The van der Waals surface area contributed by atoms with Gasteiger partial charge < -0.3 is 4.90 Å². The molecular formula is C28H27N. The van der Waals surface area contributed by atoms with Crippen LogP contribution in [0.4, 0.5) is 11.4 Å². The number of hydrogen-bond donors (Lipinski definition) is 0. The van der Waals surface area contributed by atoms with Gasteiger partial charge in [0.05, 0.1) is 0 Å². The average molecular weight is 378 g/mol. The maximum atomic E-state index is 2.31. The second-order valence-electron chi connectivity index (χ2n) is 7.56. The molecule has 0 bridgehead atoms. The Balaban J connectivity index is 0.000000142. The minimum Gasteiger partial charge on any atom is -0.345 e. The van der Waals surface area contributed by atoms with Gasteiger partial charge in [-0.15, -0.1) is 0 Å². The summed E-state index contributed by atoms with van der Waals surface area (Å²) in [7, 11) is 2.07. The van der Waals surface area contributed by atoms with E-state index in [0.29, 0.717) is 5.92 Å². The summed E-state index contributed by atoms with van der Waals surface area (Å²) in [5.74, 6) is 0.649. The minimum atomic E-state index is 0.649. The molecule has 1 nitrogen and oxygen atoms in total. The van der Waals surface area contributed by atoms with Crippen molar-refractivity contribution in [2.24, 2.45) is 0 Å². The largest absolute Gasteiger partial charge is 0.345 e. The lowest BCUT2D eigenvalue weighted by Crippen LogP contribution is -2.08. The topological polar surface area (TPSA) is 3.24 Å². The van der Waals surface area contributed by atoms with Gasteiger partial charge in [-0.2, -0.15) is 0 Å². The molecule has 0 saturated carbocycles. The summed E-state index contributed by atoms with van der Waals surface area (Å²) in [6.45, 7) is 2.31. The van der Waals surface area contributed by atoms with E-state index in [4.69, 9.17) is 0 Å². The molecule has 5 rings (SSSR count). The Kier molecular flexibility index (Phi) is 5.76. The monoisotopic (exact) mass is 377 g/mol. The third-order valence-corrected chi connectivity index (χ3v) is 5.57. The maximum Gasteiger partial charge on any atom is 0.0408 e. The highest BCUT2D eigenvalue weighted by Gasteiger charge is 2.14. The number of fused-ring (bicyclic) bond motifs is 3. The Morgan fingerprint density at radius 3 is 1.93 bits per heavy atom. The zero-order valence-corrected chi connectivity index (χ0v) is 17.1. The van der Waals surface area contributed by atoms with Crippen molar-refractivity contribution in [2.75, 3.05) is 11.9 Å². The van der Waals surface area contributed by atoms with Crippen molar-refractivity contribution in [2.45, 2.75) is 19.3 Å². The van der Waals surface area contributed by atoms with Crippen LogP contribution < -0.4 is 4.90 Å². The van der Waals surface area contributed by atoms with Gasteiger partial charge in [0.25, 0.3) is 0 Å². The Bertz CT molecular complexity index is 1060. The van der Waals surface area contributed by atoms with E-state index in [-0.39, 0.29) is 0 Å². The summed E-state index contributed by atoms with van der Waals surface area (Å²) < 4.78 is 0. The number of rotatable bonds is 2. The van der Waals surface area contributed by atoms with Crippen LogP contribution in [0.2, 0.25) is 0 Å². The molecule has 1 aliphatic carbocycles. The molecule has 144 valence electrons. The van der Waals surface area contributed by atoms with Crippen LogP contribution in [0.15, 0.2) is 103 Å². The summed E-state index contributed by atoms with van der Waals surface area (Å²) in [4.78, 5) is 2.17. The number of nitrogens with zero attached hydrogens (tertiary/aromatic N) is 1. The Morgan fingerprint density at radius 1 is 0.690 bits per heavy atom. The van der Waals surface area contributed by atoms with Gasteiger partial charge in [-0.05, 0) is 58.5 Å². The first-order chi connectivity index (χ1) is 14.2. The smallest absolute Gasteiger partial charge is 0.0408 e. The predicted molar refractivity (Wildman–Crippen MR) is 127 cm³/mol. The molecule has 0 aromatic heterocycles. The Hall–Kier alpha value is -3.32. The summed E-state index contributed by atoms with van der Waals surface area (Å²) >= 11 is 0. The van der Waals surface area contributed by atoms with E-state index in [9.17, 15) is 0 Å². The number of allylic oxidation sites excluding steroid dienone is 1. The minimum absolute atomic E-state index is 0.649. The van der Waals surface area contributed by atoms with E-state index in [1.807, 2.05) is 12.1 Å².